The Morgan fingerprint density at radius 2 is 1.82 bits per heavy atom. The summed E-state index contributed by atoms with van der Waals surface area (Å²) in [6.45, 7) is 9.47. The van der Waals surface area contributed by atoms with E-state index in [1.54, 1.807) is 12.4 Å². The lowest BCUT2D eigenvalue weighted by Gasteiger charge is -2.40. The molecule has 1 saturated carbocycles. The van der Waals surface area contributed by atoms with Gasteiger partial charge in [0.2, 0.25) is 11.8 Å². The second kappa shape index (κ2) is 10.1. The average Bonchev–Trinajstić information content (AvgIpc) is 3.48. The molecule has 4 aromatic rings. The molecule has 0 bridgehead atoms. The van der Waals surface area contributed by atoms with Gasteiger partial charge < -0.3 is 14.8 Å². The van der Waals surface area contributed by atoms with Crippen LogP contribution in [0, 0.1) is 11.8 Å². The quantitative estimate of drug-likeness (QED) is 0.383. The number of imidazole rings is 1. The van der Waals surface area contributed by atoms with E-state index in [2.05, 4.69) is 50.7 Å². The molecule has 1 saturated heterocycles. The minimum atomic E-state index is -0.630. The standard InChI is InChI=1S/C27H33ClN8O2/c1-15-4-6-18(7-5-15)14-35-24-21(32-26(35)36-16(2)10-29-11-17(36)3)9-22(25-33-27(37)38-34-25)31-23(24)19-8-20(28)13-30-12-19/h8-9,12-13,15-18,29H,4-7,10-11,14H2,1-3H3,(H,33,34,37)/t15?,16-,17-,18?/m1/s1. The van der Waals surface area contributed by atoms with Crippen molar-refractivity contribution >= 4 is 28.6 Å². The van der Waals surface area contributed by atoms with Crippen LogP contribution in [-0.4, -0.2) is 54.8 Å². The Labute approximate surface area is 225 Å². The van der Waals surface area contributed by atoms with Crippen molar-refractivity contribution in [1.29, 1.82) is 0 Å². The van der Waals surface area contributed by atoms with Crippen LogP contribution in [0.4, 0.5) is 5.95 Å². The number of nitrogens with one attached hydrogen (secondary N) is 2. The number of H-pyrrole nitrogens is 1. The molecule has 0 spiro atoms. The van der Waals surface area contributed by atoms with Crippen LogP contribution in [0.1, 0.15) is 46.5 Å². The molecule has 4 aromatic heterocycles. The molecule has 1 aliphatic carbocycles. The number of piperazine rings is 1. The van der Waals surface area contributed by atoms with Gasteiger partial charge in [-0.25, -0.2) is 14.8 Å². The number of hydrogen-bond acceptors (Lipinski definition) is 8. The summed E-state index contributed by atoms with van der Waals surface area (Å²) in [6.07, 6.45) is 8.27. The maximum atomic E-state index is 11.7. The Balaban J connectivity index is 1.59. The molecule has 1 aliphatic heterocycles. The van der Waals surface area contributed by atoms with Crippen molar-refractivity contribution in [3.63, 3.8) is 0 Å². The van der Waals surface area contributed by atoms with Crippen LogP contribution < -0.4 is 16.0 Å². The van der Waals surface area contributed by atoms with Gasteiger partial charge in [-0.2, -0.15) is 0 Å². The minimum absolute atomic E-state index is 0.259. The molecule has 0 aromatic carbocycles. The second-order valence-corrected chi connectivity index (χ2v) is 11.4. The molecule has 2 aliphatic rings. The van der Waals surface area contributed by atoms with Crippen LogP contribution in [0.15, 0.2) is 33.8 Å². The third kappa shape index (κ3) is 4.71. The lowest BCUT2D eigenvalue weighted by Crippen LogP contribution is -2.56. The Kier molecular flexibility index (Phi) is 6.69. The van der Waals surface area contributed by atoms with E-state index in [-0.39, 0.29) is 17.9 Å². The van der Waals surface area contributed by atoms with Crippen molar-refractivity contribution in [2.75, 3.05) is 18.0 Å². The van der Waals surface area contributed by atoms with Gasteiger partial charge in [-0.1, -0.05) is 36.5 Å². The fourth-order valence-electron chi connectivity index (χ4n) is 6.01. The zero-order chi connectivity index (χ0) is 26.4. The topological polar surface area (TPSA) is 118 Å². The van der Waals surface area contributed by atoms with Crippen LogP contribution in [-0.2, 0) is 6.54 Å². The summed E-state index contributed by atoms with van der Waals surface area (Å²) in [6, 6.07) is 4.29. The minimum Gasteiger partial charge on any atom is -0.334 e. The molecule has 10 nitrogen and oxygen atoms in total. The van der Waals surface area contributed by atoms with Gasteiger partial charge in [-0.3, -0.25) is 14.5 Å². The number of fused-ring (bicyclic) bond motifs is 1. The average molecular weight is 537 g/mol. The third-order valence-electron chi connectivity index (χ3n) is 8.00. The first-order valence-electron chi connectivity index (χ1n) is 13.4. The molecule has 2 atom stereocenters. The van der Waals surface area contributed by atoms with Crippen molar-refractivity contribution in [3.8, 4) is 22.8 Å². The number of hydrogen-bond donors (Lipinski definition) is 2. The van der Waals surface area contributed by atoms with Crippen molar-refractivity contribution < 1.29 is 4.52 Å². The van der Waals surface area contributed by atoms with E-state index in [0.29, 0.717) is 22.3 Å². The Morgan fingerprint density at radius 3 is 2.50 bits per heavy atom. The lowest BCUT2D eigenvalue weighted by molar-refractivity contribution is 0.265. The number of halogens is 1. The predicted molar refractivity (Wildman–Crippen MR) is 147 cm³/mol. The number of pyridine rings is 2. The highest BCUT2D eigenvalue weighted by Gasteiger charge is 2.32. The zero-order valence-electron chi connectivity index (χ0n) is 21.9. The van der Waals surface area contributed by atoms with Crippen LogP contribution in [0.25, 0.3) is 33.8 Å². The maximum Gasteiger partial charge on any atom is 0.439 e. The van der Waals surface area contributed by atoms with Gasteiger partial charge in [0, 0.05) is 49.7 Å². The van der Waals surface area contributed by atoms with Gasteiger partial charge in [0.1, 0.15) is 5.69 Å². The normalized spacial score (nSPS) is 24.3. The first-order valence-corrected chi connectivity index (χ1v) is 13.8. The lowest BCUT2D eigenvalue weighted by atomic mass is 9.83. The predicted octanol–water partition coefficient (Wildman–Crippen LogP) is 4.50. The molecular weight excluding hydrogens is 504 g/mol. The monoisotopic (exact) mass is 536 g/mol. The first-order chi connectivity index (χ1) is 18.4. The van der Waals surface area contributed by atoms with Crippen molar-refractivity contribution in [2.45, 2.75) is 65.1 Å². The van der Waals surface area contributed by atoms with Gasteiger partial charge >= 0.3 is 5.76 Å². The number of aromatic nitrogens is 6. The highest BCUT2D eigenvalue weighted by Crippen LogP contribution is 2.38. The van der Waals surface area contributed by atoms with E-state index in [1.807, 2.05) is 12.1 Å². The highest BCUT2D eigenvalue weighted by molar-refractivity contribution is 6.30. The summed E-state index contributed by atoms with van der Waals surface area (Å²) < 4.78 is 7.15. The maximum absolute atomic E-state index is 11.7. The molecule has 0 radical (unpaired) electrons. The van der Waals surface area contributed by atoms with Gasteiger partial charge in [-0.15, -0.1) is 0 Å². The largest absolute Gasteiger partial charge is 0.439 e. The zero-order valence-corrected chi connectivity index (χ0v) is 22.7. The van der Waals surface area contributed by atoms with Gasteiger partial charge in [-0.05, 0) is 50.7 Å². The third-order valence-corrected chi connectivity index (χ3v) is 8.21. The smallest absolute Gasteiger partial charge is 0.334 e. The Hall–Kier alpha value is -3.24. The molecule has 0 unspecified atom stereocenters. The summed E-state index contributed by atoms with van der Waals surface area (Å²) >= 11 is 6.38. The summed E-state index contributed by atoms with van der Waals surface area (Å²) in [4.78, 5) is 31.3. The fourth-order valence-corrected chi connectivity index (χ4v) is 6.19. The number of nitrogens with zero attached hydrogens (tertiary/aromatic N) is 6. The molecule has 5 heterocycles. The number of aromatic amines is 1. The Morgan fingerprint density at radius 1 is 1.05 bits per heavy atom. The molecule has 2 N–H and O–H groups in total. The Bertz CT molecular complexity index is 1490. The SMILES string of the molecule is CC1CCC(Cn2c(N3[C@H](C)CNC[C@H]3C)nc3cc(-c4noc(=O)[nH]4)nc(-c4cncc(Cl)c4)c32)CC1. The van der Waals surface area contributed by atoms with Crippen molar-refractivity contribution in [2.24, 2.45) is 11.8 Å². The molecule has 38 heavy (non-hydrogen) atoms. The summed E-state index contributed by atoms with van der Waals surface area (Å²) in [5.74, 6) is 1.92. The molecular formula is C27H33ClN8O2. The molecule has 2 fully saturated rings. The van der Waals surface area contributed by atoms with Crippen molar-refractivity contribution in [1.82, 2.24) is 35.0 Å². The van der Waals surface area contributed by atoms with Crippen LogP contribution >= 0.6 is 11.6 Å². The summed E-state index contributed by atoms with van der Waals surface area (Å²) in [5.41, 5.74) is 3.68. The van der Waals surface area contributed by atoms with Crippen LogP contribution in [0.5, 0.6) is 0 Å². The van der Waals surface area contributed by atoms with E-state index in [0.717, 1.165) is 48.1 Å². The van der Waals surface area contributed by atoms with E-state index in [4.69, 9.17) is 26.1 Å². The molecule has 6 rings (SSSR count). The highest BCUT2D eigenvalue weighted by atomic mass is 35.5. The van der Waals surface area contributed by atoms with Gasteiger partial charge in [0.05, 0.1) is 21.7 Å². The van der Waals surface area contributed by atoms with E-state index in [1.165, 1.54) is 25.7 Å². The van der Waals surface area contributed by atoms with E-state index >= 15 is 0 Å². The summed E-state index contributed by atoms with van der Waals surface area (Å²) in [7, 11) is 0. The van der Waals surface area contributed by atoms with Gasteiger partial charge in [0.25, 0.3) is 0 Å². The summed E-state index contributed by atoms with van der Waals surface area (Å²) in [5, 5.41) is 7.94. The molecule has 11 heteroatoms. The van der Waals surface area contributed by atoms with Crippen LogP contribution in [0.2, 0.25) is 5.02 Å². The van der Waals surface area contributed by atoms with Crippen molar-refractivity contribution in [3.05, 3.63) is 40.1 Å². The fraction of sp³-hybridized carbons (Fsp3) is 0.519. The molecule has 200 valence electrons. The molecule has 0 amide bonds. The van der Waals surface area contributed by atoms with Gasteiger partial charge in [0.15, 0.2) is 0 Å². The number of rotatable bonds is 5. The second-order valence-electron chi connectivity index (χ2n) is 11.0. The van der Waals surface area contributed by atoms with E-state index in [9.17, 15) is 4.79 Å². The number of anilines is 1. The van der Waals surface area contributed by atoms with Crippen LogP contribution in [0.3, 0.4) is 0 Å². The van der Waals surface area contributed by atoms with E-state index < -0.39 is 5.76 Å². The first kappa shape index (κ1) is 25.1.